The molecule has 0 aliphatic heterocycles. The van der Waals surface area contributed by atoms with E-state index in [1.54, 1.807) is 43.7 Å². The fourth-order valence-corrected chi connectivity index (χ4v) is 8.43. The SMILES string of the molecule is C=C(C(C)=C(C)C)N(C)NC(C)C.C=C(C)/C(C)=C(\C)C(C)C.C=C(N(C)C(C)C)C(C)(C)Cl.C=C(N(C)C(C)C)C(C)(C)F.C=C(OCC)N(C)C(C)C.C=C(SCC)N(C)C(C)C.CC/C(C)=C(\C)C(C)C.CC1=C(C)C(=O)C(C(C)C)=C(C)C1=O.CCCN(C)C(C)C. The van der Waals surface area contributed by atoms with Crippen LogP contribution in [0.5, 0.6) is 0 Å². The third-order valence-electron chi connectivity index (χ3n) is 17.2. The number of alkyl halides is 2. The van der Waals surface area contributed by atoms with Crippen LogP contribution in [0.4, 0.5) is 4.39 Å². The first-order chi connectivity index (χ1) is 43.2. The van der Waals surface area contributed by atoms with E-state index in [1.807, 2.05) is 91.5 Å². The summed E-state index contributed by atoms with van der Waals surface area (Å²) >= 11 is 7.88. The molecule has 1 N–H and O–H groups in total. The Bertz CT molecular complexity index is 2390. The topological polar surface area (TPSA) is 74.8 Å². The van der Waals surface area contributed by atoms with Crippen molar-refractivity contribution >= 4 is 34.9 Å². The summed E-state index contributed by atoms with van der Waals surface area (Å²) in [6, 6.07) is 2.92. The van der Waals surface area contributed by atoms with Gasteiger partial charge in [0.05, 0.1) is 16.5 Å². The Hall–Kier alpha value is -4.23. The quantitative estimate of drug-likeness (QED) is 0.0225. The molecule has 0 bridgehead atoms. The first-order valence-corrected chi connectivity index (χ1v) is 36.9. The summed E-state index contributed by atoms with van der Waals surface area (Å²) in [7, 11) is 12.1. The molecule has 1 aliphatic carbocycles. The molecular weight excluding hydrogens is 1230 g/mol. The summed E-state index contributed by atoms with van der Waals surface area (Å²) in [5, 5.41) is 3.14. The lowest BCUT2D eigenvalue weighted by atomic mass is 9.81. The number of ketones is 2. The standard InChI is InChI=1S/C12H16O2.C11H22N2.C10H18.C9H18ClN.C9H18FN.C9H18.C8H17NO.C8H17NS.C7H17N/c1-6(2)10-9(5)11(13)7(3)8(4)12(10)14;1-8(2)10(5)11(6)13(7)12-9(3)4;1-7(2)9(5)10(6)8(3)4;2*1-7(2)11(6)8(3)9(4,5)10;1-6-8(4)9(5)7(2)3;2*1-6-10-8(4)9(5)7(2)3;1-5-6-8(4)7(2)3/h6H,1-5H3;9,12H,6H2,1-5,7H3;8H,1H2,2-6H3;2*7H,3H2,1-2,4-6H3;7H,6H2,1-5H3;2*7H,4,6H2,1-3,5H3;7H,5-6H2,1-4H3/b;;10-9+;;;9-8+;;;. The van der Waals surface area contributed by atoms with Crippen LogP contribution >= 0.6 is 23.4 Å². The van der Waals surface area contributed by atoms with Crippen LogP contribution in [0, 0.1) is 17.8 Å². The van der Waals surface area contributed by atoms with Gasteiger partial charge in [-0.1, -0.05) is 123 Å². The van der Waals surface area contributed by atoms with E-state index in [2.05, 4.69) is 247 Å². The maximum atomic E-state index is 13.3. The summed E-state index contributed by atoms with van der Waals surface area (Å²) < 4.78 is 18.4. The number of nitrogens with zero attached hydrogens (tertiary/aromatic N) is 6. The molecule has 566 valence electrons. The van der Waals surface area contributed by atoms with Crippen molar-refractivity contribution in [3.05, 3.63) is 129 Å². The summed E-state index contributed by atoms with van der Waals surface area (Å²) in [5.41, 5.74) is 16.6. The molecule has 0 heterocycles. The van der Waals surface area contributed by atoms with Crippen LogP contribution in [-0.4, -0.2) is 149 Å². The van der Waals surface area contributed by atoms with E-state index in [0.717, 1.165) is 34.0 Å². The second-order valence-corrected chi connectivity index (χ2v) is 31.4. The van der Waals surface area contributed by atoms with Crippen LogP contribution in [0.2, 0.25) is 0 Å². The van der Waals surface area contributed by atoms with Crippen molar-refractivity contribution in [2.24, 2.45) is 17.8 Å². The molecule has 0 saturated heterocycles. The van der Waals surface area contributed by atoms with Crippen molar-refractivity contribution in [1.82, 2.24) is 34.9 Å². The van der Waals surface area contributed by atoms with Crippen molar-refractivity contribution in [2.45, 2.75) is 316 Å². The predicted octanol–water partition coefficient (Wildman–Crippen LogP) is 23.7. The highest BCUT2D eigenvalue weighted by Crippen LogP contribution is 2.29. The van der Waals surface area contributed by atoms with E-state index in [4.69, 9.17) is 16.3 Å². The monoisotopic (exact) mass is 1390 g/mol. The van der Waals surface area contributed by atoms with Crippen molar-refractivity contribution in [2.75, 3.05) is 61.2 Å². The average Bonchev–Trinajstić information content (AvgIpc) is 0.801. The van der Waals surface area contributed by atoms with Gasteiger partial charge in [0.1, 0.15) is 5.67 Å². The summed E-state index contributed by atoms with van der Waals surface area (Å²) in [5.74, 6) is 3.41. The molecule has 0 unspecified atom stereocenters. The van der Waals surface area contributed by atoms with E-state index in [1.165, 1.54) is 61.1 Å². The molecule has 0 aromatic carbocycles. The van der Waals surface area contributed by atoms with Crippen molar-refractivity contribution in [1.29, 1.82) is 0 Å². The van der Waals surface area contributed by atoms with Gasteiger partial charge >= 0.3 is 0 Å². The van der Waals surface area contributed by atoms with Crippen LogP contribution in [0.3, 0.4) is 0 Å². The molecule has 0 spiro atoms. The maximum absolute atomic E-state index is 13.3. The largest absolute Gasteiger partial charge is 0.480 e. The Balaban J connectivity index is -0.000000152. The van der Waals surface area contributed by atoms with Crippen LogP contribution in [0.25, 0.3) is 0 Å². The maximum Gasteiger partial charge on any atom is 0.185 e. The lowest BCUT2D eigenvalue weighted by Gasteiger charge is -2.32. The van der Waals surface area contributed by atoms with E-state index in [-0.39, 0.29) is 22.4 Å². The molecule has 0 saturated carbocycles. The van der Waals surface area contributed by atoms with Gasteiger partial charge in [-0.2, -0.15) is 0 Å². The predicted molar refractivity (Wildman–Crippen MR) is 438 cm³/mol. The zero-order valence-corrected chi connectivity index (χ0v) is 73.1. The molecule has 0 aromatic rings. The number of rotatable bonds is 26. The Kier molecular flexibility index (Phi) is 62.3. The lowest BCUT2D eigenvalue weighted by Crippen LogP contribution is -2.38. The highest BCUT2D eigenvalue weighted by Gasteiger charge is 2.29. The van der Waals surface area contributed by atoms with Gasteiger partial charge in [-0.05, 0) is 262 Å². The normalized spacial score (nSPS) is 12.5. The van der Waals surface area contributed by atoms with Crippen LogP contribution in [-0.2, 0) is 14.3 Å². The number of carbonyl (C=O) groups is 2. The minimum absolute atomic E-state index is 0.0193. The number of Topliss-reactive ketones (excluding diaryl/α,β-unsaturated/α-hetero) is 2. The third-order valence-corrected chi connectivity index (χ3v) is 18.3. The number of nitrogens with one attached hydrogen (secondary N) is 1. The molecule has 0 fully saturated rings. The van der Waals surface area contributed by atoms with Gasteiger partial charge in [-0.15, -0.1) is 23.4 Å². The summed E-state index contributed by atoms with van der Waals surface area (Å²) in [6.45, 7) is 101. The fraction of sp³-hybridized carbons (Fsp3) is 0.711. The number of carbonyl (C=O) groups excluding carboxylic acids is 2. The summed E-state index contributed by atoms with van der Waals surface area (Å²) in [6.07, 6.45) is 2.46. The van der Waals surface area contributed by atoms with Crippen molar-refractivity contribution in [3.8, 4) is 0 Å². The highest BCUT2D eigenvalue weighted by atomic mass is 35.5. The molecular formula is C83H161ClFN7O3S. The molecule has 0 atom stereocenters. The Morgan fingerprint density at radius 3 is 1.16 bits per heavy atom. The number of likely N-dealkylation sites (N-methyl/N-ethyl adjacent to an activating group) is 1. The minimum atomic E-state index is -1.31. The van der Waals surface area contributed by atoms with Crippen molar-refractivity contribution < 1.29 is 18.7 Å². The summed E-state index contributed by atoms with van der Waals surface area (Å²) in [4.78, 5) is 33.7. The Morgan fingerprint density at radius 2 is 0.938 bits per heavy atom. The zero-order chi connectivity index (χ0) is 78.7. The zero-order valence-electron chi connectivity index (χ0n) is 71.5. The lowest BCUT2D eigenvalue weighted by molar-refractivity contribution is -0.116. The molecule has 0 radical (unpaired) electrons. The number of allylic oxidation sites excluding steroid dienone is 13. The van der Waals surface area contributed by atoms with Gasteiger partial charge in [0.25, 0.3) is 0 Å². The van der Waals surface area contributed by atoms with Crippen LogP contribution in [0.1, 0.15) is 269 Å². The van der Waals surface area contributed by atoms with Gasteiger partial charge in [0, 0.05) is 111 Å². The number of hydrazine groups is 1. The van der Waals surface area contributed by atoms with Crippen molar-refractivity contribution in [3.63, 3.8) is 0 Å². The molecule has 96 heavy (non-hydrogen) atoms. The average molecular weight is 1390 g/mol. The number of hydrogen-bond donors (Lipinski definition) is 1. The van der Waals surface area contributed by atoms with Gasteiger partial charge in [-0.3, -0.25) is 9.59 Å². The molecule has 10 nitrogen and oxygen atoms in total. The molecule has 1 rings (SSSR count). The third kappa shape index (κ3) is 50.1. The van der Waals surface area contributed by atoms with Crippen LogP contribution < -0.4 is 5.43 Å². The van der Waals surface area contributed by atoms with E-state index < -0.39 is 5.67 Å². The Labute approximate surface area is 608 Å². The number of halogens is 2. The van der Waals surface area contributed by atoms with E-state index in [9.17, 15) is 14.0 Å². The molecule has 0 amide bonds. The molecule has 1 aliphatic rings. The number of hydrogen-bond acceptors (Lipinski definition) is 11. The number of thioether (sulfide) groups is 1. The first kappa shape index (κ1) is 108. The van der Waals surface area contributed by atoms with E-state index in [0.29, 0.717) is 76.8 Å². The highest BCUT2D eigenvalue weighted by molar-refractivity contribution is 8.02. The first-order valence-electron chi connectivity index (χ1n) is 35.5. The molecule has 0 aromatic heterocycles. The van der Waals surface area contributed by atoms with Gasteiger partial charge < -0.3 is 34.2 Å². The smallest absolute Gasteiger partial charge is 0.185 e. The van der Waals surface area contributed by atoms with Gasteiger partial charge in [0.2, 0.25) is 0 Å². The van der Waals surface area contributed by atoms with Gasteiger partial charge in [-0.25, -0.2) is 9.82 Å². The van der Waals surface area contributed by atoms with Crippen LogP contribution in [0.15, 0.2) is 129 Å². The van der Waals surface area contributed by atoms with Gasteiger partial charge in [0.15, 0.2) is 17.4 Å². The second kappa shape index (κ2) is 55.5. The second-order valence-electron chi connectivity index (χ2n) is 29.1. The number of ether oxygens (including phenoxy) is 1. The minimum Gasteiger partial charge on any atom is -0.480 e. The molecule has 13 heteroatoms. The Morgan fingerprint density at radius 1 is 0.552 bits per heavy atom. The van der Waals surface area contributed by atoms with E-state index >= 15 is 0 Å². The fourth-order valence-electron chi connectivity index (χ4n) is 7.54.